The molecule has 0 aliphatic heterocycles. The van der Waals surface area contributed by atoms with E-state index in [9.17, 15) is 9.59 Å². The van der Waals surface area contributed by atoms with Crippen LogP contribution in [0.2, 0.25) is 0 Å². The highest BCUT2D eigenvalue weighted by Crippen LogP contribution is 2.21. The fourth-order valence-corrected chi connectivity index (χ4v) is 2.23. The van der Waals surface area contributed by atoms with Crippen LogP contribution in [0.15, 0.2) is 35.3 Å². The summed E-state index contributed by atoms with van der Waals surface area (Å²) in [6.45, 7) is 4.05. The van der Waals surface area contributed by atoms with Gasteiger partial charge in [0.15, 0.2) is 0 Å². The molecular weight excluding hydrogens is 252 g/mol. The number of carbonyl (C=O) groups excluding carboxylic acids is 1. The third-order valence-corrected chi connectivity index (χ3v) is 3.51. The van der Waals surface area contributed by atoms with Crippen LogP contribution in [0.25, 0.3) is 10.8 Å². The molecule has 0 saturated carbocycles. The first kappa shape index (κ1) is 14.3. The molecule has 0 aliphatic carbocycles. The molecule has 0 radical (unpaired) electrons. The van der Waals surface area contributed by atoms with Gasteiger partial charge in [-0.25, -0.2) is 0 Å². The van der Waals surface area contributed by atoms with Gasteiger partial charge in [0.05, 0.1) is 0 Å². The maximum absolute atomic E-state index is 12.1. The van der Waals surface area contributed by atoms with Crippen molar-refractivity contribution < 1.29 is 4.79 Å². The molecule has 2 rings (SSSR count). The van der Waals surface area contributed by atoms with Gasteiger partial charge in [0, 0.05) is 28.6 Å². The monoisotopic (exact) mass is 272 g/mol. The van der Waals surface area contributed by atoms with E-state index < -0.39 is 0 Å². The summed E-state index contributed by atoms with van der Waals surface area (Å²) in [6, 6.07) is 7.17. The lowest BCUT2D eigenvalue weighted by Gasteiger charge is -2.13. The molecule has 106 valence electrons. The summed E-state index contributed by atoms with van der Waals surface area (Å²) in [5, 5.41) is 4.29. The number of pyridine rings is 1. The molecule has 0 aliphatic rings. The largest absolute Gasteiger partial charge is 0.329 e. The van der Waals surface area contributed by atoms with Crippen LogP contribution in [0.3, 0.4) is 0 Å². The topological polar surface area (TPSA) is 62.0 Å². The minimum atomic E-state index is -0.141. The van der Waals surface area contributed by atoms with E-state index in [0.717, 1.165) is 24.6 Å². The third kappa shape index (κ3) is 3.07. The summed E-state index contributed by atoms with van der Waals surface area (Å²) >= 11 is 0. The lowest BCUT2D eigenvalue weighted by molar-refractivity contribution is -0.119. The number of aromatic nitrogens is 1. The molecule has 1 aromatic carbocycles. The van der Waals surface area contributed by atoms with Gasteiger partial charge in [-0.2, -0.15) is 0 Å². The minimum absolute atomic E-state index is 0.00577. The fourth-order valence-electron chi connectivity index (χ4n) is 2.23. The summed E-state index contributed by atoms with van der Waals surface area (Å²) in [5.74, 6) is -0.0153. The average Bonchev–Trinajstić information content (AvgIpc) is 2.45. The number of H-pyrrole nitrogens is 1. The van der Waals surface area contributed by atoms with Gasteiger partial charge in [-0.15, -0.1) is 0 Å². The molecular formula is C16H20N2O2. The number of nitrogens with one attached hydrogen (secondary N) is 2. The number of unbranched alkanes of at least 4 members (excludes halogenated alkanes) is 1. The van der Waals surface area contributed by atoms with E-state index in [1.807, 2.05) is 19.1 Å². The highest BCUT2D eigenvalue weighted by Gasteiger charge is 2.13. The van der Waals surface area contributed by atoms with Gasteiger partial charge in [0.25, 0.3) is 5.56 Å². The van der Waals surface area contributed by atoms with E-state index in [1.165, 1.54) is 0 Å². The zero-order valence-electron chi connectivity index (χ0n) is 11.9. The maximum atomic E-state index is 12.1. The molecule has 20 heavy (non-hydrogen) atoms. The van der Waals surface area contributed by atoms with Gasteiger partial charge in [-0.3, -0.25) is 9.59 Å². The number of rotatable bonds is 5. The van der Waals surface area contributed by atoms with Gasteiger partial charge >= 0.3 is 0 Å². The van der Waals surface area contributed by atoms with E-state index >= 15 is 0 Å². The zero-order valence-corrected chi connectivity index (χ0v) is 11.9. The molecule has 4 heteroatoms. The molecule has 1 heterocycles. The molecule has 4 nitrogen and oxygen atoms in total. The van der Waals surface area contributed by atoms with E-state index in [0.29, 0.717) is 11.1 Å². The zero-order chi connectivity index (χ0) is 14.5. The molecule has 1 atom stereocenters. The van der Waals surface area contributed by atoms with Crippen molar-refractivity contribution in [2.45, 2.75) is 33.1 Å². The van der Waals surface area contributed by atoms with Crippen molar-refractivity contribution in [1.29, 1.82) is 0 Å². The van der Waals surface area contributed by atoms with Gasteiger partial charge in [0.1, 0.15) is 0 Å². The SMILES string of the molecule is CCCC[C@@H](C)C(=O)Nc1cccc2c(=O)[nH]ccc12. The second-order valence-corrected chi connectivity index (χ2v) is 5.11. The predicted octanol–water partition coefficient (Wildman–Crippen LogP) is 3.29. The van der Waals surface area contributed by atoms with Crippen molar-refractivity contribution in [2.75, 3.05) is 5.32 Å². The normalized spacial score (nSPS) is 12.3. The Morgan fingerprint density at radius 2 is 2.10 bits per heavy atom. The number of hydrogen-bond donors (Lipinski definition) is 2. The van der Waals surface area contributed by atoms with Crippen LogP contribution in [-0.4, -0.2) is 10.9 Å². The Bertz CT molecular complexity index is 661. The second-order valence-electron chi connectivity index (χ2n) is 5.11. The van der Waals surface area contributed by atoms with Gasteiger partial charge in [-0.05, 0) is 24.6 Å². The van der Waals surface area contributed by atoms with Crippen molar-refractivity contribution in [3.8, 4) is 0 Å². The molecule has 0 unspecified atom stereocenters. The number of aromatic amines is 1. The Hall–Kier alpha value is -2.10. The van der Waals surface area contributed by atoms with Crippen LogP contribution in [0.5, 0.6) is 0 Å². The third-order valence-electron chi connectivity index (χ3n) is 3.51. The molecule has 0 fully saturated rings. The Morgan fingerprint density at radius 1 is 1.30 bits per heavy atom. The lowest BCUT2D eigenvalue weighted by Crippen LogP contribution is -2.20. The standard InChI is InChI=1S/C16H20N2O2/c1-3-4-6-11(2)15(19)18-14-8-5-7-13-12(14)9-10-17-16(13)20/h5,7-11H,3-4,6H2,1-2H3,(H,17,20)(H,18,19)/t11-/m1/s1. The second kappa shape index (κ2) is 6.37. The number of hydrogen-bond acceptors (Lipinski definition) is 2. The number of carbonyl (C=O) groups is 1. The van der Waals surface area contributed by atoms with Crippen molar-refractivity contribution >= 4 is 22.4 Å². The van der Waals surface area contributed by atoms with Crippen LogP contribution in [0, 0.1) is 5.92 Å². The van der Waals surface area contributed by atoms with Crippen LogP contribution >= 0.6 is 0 Å². The Balaban J connectivity index is 2.24. The smallest absolute Gasteiger partial charge is 0.255 e. The lowest BCUT2D eigenvalue weighted by atomic mass is 10.0. The summed E-state index contributed by atoms with van der Waals surface area (Å²) in [4.78, 5) is 26.5. The van der Waals surface area contributed by atoms with Crippen LogP contribution < -0.4 is 10.9 Å². The first-order valence-corrected chi connectivity index (χ1v) is 7.04. The van der Waals surface area contributed by atoms with Gasteiger partial charge in [0.2, 0.25) is 5.91 Å². The molecule has 0 spiro atoms. The summed E-state index contributed by atoms with van der Waals surface area (Å²) in [5.41, 5.74) is 0.555. The van der Waals surface area contributed by atoms with Crippen molar-refractivity contribution in [2.24, 2.45) is 5.92 Å². The Labute approximate surface area is 118 Å². The summed E-state index contributed by atoms with van der Waals surface area (Å²) < 4.78 is 0. The van der Waals surface area contributed by atoms with Crippen LogP contribution in [-0.2, 0) is 4.79 Å². The average molecular weight is 272 g/mol. The minimum Gasteiger partial charge on any atom is -0.329 e. The van der Waals surface area contributed by atoms with E-state index in [-0.39, 0.29) is 17.4 Å². The van der Waals surface area contributed by atoms with Crippen molar-refractivity contribution in [3.05, 3.63) is 40.8 Å². The number of amides is 1. The predicted molar refractivity (Wildman–Crippen MR) is 81.9 cm³/mol. The highest BCUT2D eigenvalue weighted by molar-refractivity contribution is 6.02. The van der Waals surface area contributed by atoms with Crippen molar-refractivity contribution in [1.82, 2.24) is 4.98 Å². The van der Waals surface area contributed by atoms with E-state index in [1.54, 1.807) is 18.3 Å². The van der Waals surface area contributed by atoms with Crippen LogP contribution in [0.1, 0.15) is 33.1 Å². The van der Waals surface area contributed by atoms with Crippen LogP contribution in [0.4, 0.5) is 5.69 Å². The quantitative estimate of drug-likeness (QED) is 0.877. The number of anilines is 1. The highest BCUT2D eigenvalue weighted by atomic mass is 16.2. The Kier molecular flexibility index (Phi) is 4.56. The van der Waals surface area contributed by atoms with E-state index in [2.05, 4.69) is 17.2 Å². The molecule has 1 amide bonds. The van der Waals surface area contributed by atoms with Gasteiger partial charge < -0.3 is 10.3 Å². The first-order chi connectivity index (χ1) is 9.63. The molecule has 2 N–H and O–H groups in total. The van der Waals surface area contributed by atoms with Crippen molar-refractivity contribution in [3.63, 3.8) is 0 Å². The first-order valence-electron chi connectivity index (χ1n) is 7.04. The Morgan fingerprint density at radius 3 is 2.85 bits per heavy atom. The number of benzene rings is 1. The summed E-state index contributed by atoms with van der Waals surface area (Å²) in [7, 11) is 0. The molecule has 0 saturated heterocycles. The van der Waals surface area contributed by atoms with E-state index in [4.69, 9.17) is 0 Å². The maximum Gasteiger partial charge on any atom is 0.255 e. The molecule has 0 bridgehead atoms. The molecule has 2 aromatic rings. The molecule has 1 aromatic heterocycles. The summed E-state index contributed by atoms with van der Waals surface area (Å²) in [6.07, 6.45) is 4.61. The van der Waals surface area contributed by atoms with Gasteiger partial charge in [-0.1, -0.05) is 32.8 Å². The fraction of sp³-hybridized carbons (Fsp3) is 0.375. The number of fused-ring (bicyclic) bond motifs is 1.